The van der Waals surface area contributed by atoms with Crippen LogP contribution in [0.1, 0.15) is 26.3 Å². The highest BCUT2D eigenvalue weighted by atomic mass is 79.9. The van der Waals surface area contributed by atoms with Crippen LogP contribution in [-0.2, 0) is 19.8 Å². The Hall–Kier alpha value is -1.79. The van der Waals surface area contributed by atoms with Crippen LogP contribution >= 0.6 is 23.5 Å². The Morgan fingerprint density at radius 2 is 1.69 bits per heavy atom. The van der Waals surface area contributed by atoms with E-state index in [1.54, 1.807) is 0 Å². The van der Waals surface area contributed by atoms with Gasteiger partial charge in [0.25, 0.3) is 0 Å². The molecule has 0 saturated carbocycles. The lowest BCUT2D eigenvalue weighted by Crippen LogP contribution is -2.03. The first-order valence-electron chi connectivity index (χ1n) is 9.66. The molecule has 0 amide bonds. The summed E-state index contributed by atoms with van der Waals surface area (Å²) in [4.78, 5) is 9.43. The van der Waals surface area contributed by atoms with E-state index < -0.39 is 7.60 Å². The lowest BCUT2D eigenvalue weighted by Gasteiger charge is -2.17. The molecule has 29 heavy (non-hydrogen) atoms. The molecule has 0 unspecified atom stereocenters. The van der Waals surface area contributed by atoms with Crippen molar-refractivity contribution in [1.82, 2.24) is 9.97 Å². The van der Waals surface area contributed by atoms with Gasteiger partial charge in [-0.25, -0.2) is 9.97 Å². The number of nitrogens with zero attached hydrogens (tertiary/aromatic N) is 2. The normalized spacial score (nSPS) is 11.7. The molecular weight excluding hydrogens is 453 g/mol. The van der Waals surface area contributed by atoms with Crippen LogP contribution in [0.25, 0.3) is 22.3 Å². The van der Waals surface area contributed by atoms with Gasteiger partial charge in [0.2, 0.25) is 0 Å². The predicted molar refractivity (Wildman–Crippen MR) is 121 cm³/mol. The molecule has 0 aliphatic heterocycles. The Morgan fingerprint density at radius 3 is 2.31 bits per heavy atom. The predicted octanol–water partition coefficient (Wildman–Crippen LogP) is 6.26. The SMILES string of the molecule is CCNc1nc(-c2ccc(CP(=O)(OCC)OCC)cc2)nc2ccc(Br)cc12. The lowest BCUT2D eigenvalue weighted by atomic mass is 10.1. The number of halogens is 1. The van der Waals surface area contributed by atoms with E-state index in [1.807, 2.05) is 63.2 Å². The molecule has 6 nitrogen and oxygen atoms in total. The van der Waals surface area contributed by atoms with E-state index in [4.69, 9.17) is 19.0 Å². The summed E-state index contributed by atoms with van der Waals surface area (Å²) in [6.45, 7) is 7.13. The van der Waals surface area contributed by atoms with E-state index in [0.717, 1.165) is 38.9 Å². The second-order valence-electron chi connectivity index (χ2n) is 6.39. The fraction of sp³-hybridized carbons (Fsp3) is 0.333. The molecule has 0 fully saturated rings. The smallest absolute Gasteiger partial charge is 0.335 e. The van der Waals surface area contributed by atoms with Crippen molar-refractivity contribution in [3.8, 4) is 11.4 Å². The van der Waals surface area contributed by atoms with Crippen molar-refractivity contribution in [3.63, 3.8) is 0 Å². The molecule has 0 spiro atoms. The molecule has 1 aromatic heterocycles. The van der Waals surface area contributed by atoms with E-state index in [0.29, 0.717) is 19.0 Å². The van der Waals surface area contributed by atoms with Gasteiger partial charge < -0.3 is 14.4 Å². The highest BCUT2D eigenvalue weighted by molar-refractivity contribution is 9.10. The van der Waals surface area contributed by atoms with Crippen LogP contribution in [0, 0.1) is 0 Å². The first-order chi connectivity index (χ1) is 14.0. The average Bonchev–Trinajstić information content (AvgIpc) is 2.69. The Bertz CT molecular complexity index is 1020. The van der Waals surface area contributed by atoms with Crippen molar-refractivity contribution in [3.05, 3.63) is 52.5 Å². The number of hydrogen-bond acceptors (Lipinski definition) is 6. The minimum atomic E-state index is -3.13. The Balaban J connectivity index is 1.92. The van der Waals surface area contributed by atoms with Crippen molar-refractivity contribution >= 4 is 40.2 Å². The molecule has 0 radical (unpaired) electrons. The zero-order valence-electron chi connectivity index (χ0n) is 16.8. The Kier molecular flexibility index (Phi) is 7.41. The summed E-state index contributed by atoms with van der Waals surface area (Å²) < 4.78 is 24.5. The van der Waals surface area contributed by atoms with E-state index in [1.165, 1.54) is 0 Å². The summed E-state index contributed by atoms with van der Waals surface area (Å²) in [5, 5.41) is 4.29. The van der Waals surface area contributed by atoms with Crippen molar-refractivity contribution in [1.29, 1.82) is 0 Å². The number of fused-ring (bicyclic) bond motifs is 1. The monoisotopic (exact) mass is 477 g/mol. The third-order valence-corrected chi connectivity index (χ3v) is 6.79. The number of nitrogens with one attached hydrogen (secondary N) is 1. The fourth-order valence-corrected chi connectivity index (χ4v) is 5.10. The van der Waals surface area contributed by atoms with Gasteiger partial charge in [0.1, 0.15) is 5.82 Å². The minimum absolute atomic E-state index is 0.240. The van der Waals surface area contributed by atoms with Gasteiger partial charge in [0.05, 0.1) is 24.9 Å². The first kappa shape index (κ1) is 21.9. The molecule has 0 atom stereocenters. The van der Waals surface area contributed by atoms with Gasteiger partial charge >= 0.3 is 7.60 Å². The zero-order valence-corrected chi connectivity index (χ0v) is 19.3. The van der Waals surface area contributed by atoms with Gasteiger partial charge in [-0.15, -0.1) is 0 Å². The highest BCUT2D eigenvalue weighted by Crippen LogP contribution is 2.51. The molecular formula is C21H25BrN3O3P. The van der Waals surface area contributed by atoms with Crippen LogP contribution in [0.5, 0.6) is 0 Å². The molecule has 2 aromatic carbocycles. The van der Waals surface area contributed by atoms with Crippen LogP contribution in [0.15, 0.2) is 46.9 Å². The molecule has 0 aliphatic carbocycles. The van der Waals surface area contributed by atoms with Crippen molar-refractivity contribution < 1.29 is 13.6 Å². The molecule has 3 rings (SSSR count). The van der Waals surface area contributed by atoms with Crippen LogP contribution in [-0.4, -0.2) is 29.7 Å². The third kappa shape index (κ3) is 5.43. The first-order valence-corrected chi connectivity index (χ1v) is 12.2. The largest absolute Gasteiger partial charge is 0.370 e. The van der Waals surface area contributed by atoms with Crippen LogP contribution in [0.3, 0.4) is 0 Å². The van der Waals surface area contributed by atoms with Gasteiger partial charge in [-0.3, -0.25) is 4.57 Å². The molecule has 8 heteroatoms. The van der Waals surface area contributed by atoms with Crippen molar-refractivity contribution in [2.75, 3.05) is 25.1 Å². The summed E-state index contributed by atoms with van der Waals surface area (Å²) in [5.41, 5.74) is 2.64. The van der Waals surface area contributed by atoms with E-state index >= 15 is 0 Å². The van der Waals surface area contributed by atoms with Crippen LogP contribution in [0.2, 0.25) is 0 Å². The zero-order chi connectivity index (χ0) is 20.9. The second-order valence-corrected chi connectivity index (χ2v) is 9.36. The minimum Gasteiger partial charge on any atom is -0.370 e. The quantitative estimate of drug-likeness (QED) is 0.366. The molecule has 3 aromatic rings. The molecule has 0 aliphatic rings. The maximum absolute atomic E-state index is 12.7. The van der Waals surface area contributed by atoms with Gasteiger partial charge in [0, 0.05) is 22.0 Å². The van der Waals surface area contributed by atoms with E-state index in [9.17, 15) is 4.57 Å². The Morgan fingerprint density at radius 1 is 1.00 bits per heavy atom. The summed E-state index contributed by atoms with van der Waals surface area (Å²) in [7, 11) is -3.13. The van der Waals surface area contributed by atoms with Crippen LogP contribution < -0.4 is 5.32 Å². The third-order valence-electron chi connectivity index (χ3n) is 4.24. The highest BCUT2D eigenvalue weighted by Gasteiger charge is 2.24. The van der Waals surface area contributed by atoms with Crippen LogP contribution in [0.4, 0.5) is 5.82 Å². The number of hydrogen-bond donors (Lipinski definition) is 1. The van der Waals surface area contributed by atoms with E-state index in [-0.39, 0.29) is 6.16 Å². The molecule has 1 heterocycles. The topological polar surface area (TPSA) is 73.3 Å². The van der Waals surface area contributed by atoms with Gasteiger partial charge in [0.15, 0.2) is 5.82 Å². The van der Waals surface area contributed by atoms with Crippen molar-refractivity contribution in [2.24, 2.45) is 0 Å². The summed E-state index contributed by atoms with van der Waals surface area (Å²) in [5.74, 6) is 1.44. The second kappa shape index (κ2) is 9.81. The van der Waals surface area contributed by atoms with Crippen molar-refractivity contribution in [2.45, 2.75) is 26.9 Å². The average molecular weight is 478 g/mol. The number of rotatable bonds is 9. The van der Waals surface area contributed by atoms with E-state index in [2.05, 4.69) is 21.2 Å². The molecule has 0 saturated heterocycles. The fourth-order valence-electron chi connectivity index (χ4n) is 3.04. The Labute approximate surface area is 179 Å². The maximum Gasteiger partial charge on any atom is 0.335 e. The number of anilines is 1. The molecule has 1 N–H and O–H groups in total. The lowest BCUT2D eigenvalue weighted by molar-refractivity contribution is 0.219. The summed E-state index contributed by atoms with van der Waals surface area (Å²) >= 11 is 3.51. The van der Waals surface area contributed by atoms with Gasteiger partial charge in [-0.1, -0.05) is 40.2 Å². The van der Waals surface area contributed by atoms with Gasteiger partial charge in [-0.05, 0) is 44.5 Å². The summed E-state index contributed by atoms with van der Waals surface area (Å²) in [6.07, 6.45) is 0.240. The number of aromatic nitrogens is 2. The van der Waals surface area contributed by atoms with Gasteiger partial charge in [-0.2, -0.15) is 0 Å². The summed E-state index contributed by atoms with van der Waals surface area (Å²) in [6, 6.07) is 13.7. The standard InChI is InChI=1S/C21H25BrN3O3P/c1-4-23-21-18-13-17(22)11-12-19(18)24-20(25-21)16-9-7-15(8-10-16)14-29(26,27-5-2)28-6-3/h7-13H,4-6,14H2,1-3H3,(H,23,24,25). The number of benzene rings is 2. The molecule has 0 bridgehead atoms. The maximum atomic E-state index is 12.7. The molecule has 154 valence electrons.